The molecule has 1 aliphatic carbocycles. The predicted molar refractivity (Wildman–Crippen MR) is 120 cm³/mol. The van der Waals surface area contributed by atoms with Crippen LogP contribution in [0.15, 0.2) is 22.6 Å². The zero-order chi connectivity index (χ0) is 19.3. The van der Waals surface area contributed by atoms with Gasteiger partial charge >= 0.3 is 0 Å². The minimum Gasteiger partial charge on any atom is -0.388 e. The maximum atomic E-state index is 10.7. The molecule has 26 heavy (non-hydrogen) atoms. The van der Waals surface area contributed by atoms with E-state index in [-0.39, 0.29) is 11.5 Å². The summed E-state index contributed by atoms with van der Waals surface area (Å²) in [6.07, 6.45) is 24.4. The van der Waals surface area contributed by atoms with Crippen LogP contribution in [0.5, 0.6) is 0 Å². The van der Waals surface area contributed by atoms with E-state index in [1.165, 1.54) is 93.9 Å². The van der Waals surface area contributed by atoms with Crippen LogP contribution in [0.2, 0.25) is 0 Å². The molecular formula is C24H44OS. The summed E-state index contributed by atoms with van der Waals surface area (Å²) in [6.45, 7) is 6.84. The van der Waals surface area contributed by atoms with Crippen LogP contribution in [0.4, 0.5) is 0 Å². The lowest BCUT2D eigenvalue weighted by Crippen LogP contribution is -2.34. The van der Waals surface area contributed by atoms with Gasteiger partial charge in [-0.15, -0.1) is 11.8 Å². The Labute approximate surface area is 168 Å². The molecule has 2 atom stereocenters. The molecule has 0 aromatic rings. The molecule has 0 heterocycles. The number of unbranched alkanes of at least 4 members (excludes halogenated alkanes) is 10. The summed E-state index contributed by atoms with van der Waals surface area (Å²) in [5.41, 5.74) is 1.42. The van der Waals surface area contributed by atoms with E-state index in [1.807, 2.05) is 11.8 Å². The summed E-state index contributed by atoms with van der Waals surface area (Å²) in [5.74, 6) is 0. The first kappa shape index (κ1) is 23.8. The van der Waals surface area contributed by atoms with E-state index in [2.05, 4.69) is 39.2 Å². The van der Waals surface area contributed by atoms with Crippen LogP contribution in [-0.2, 0) is 0 Å². The fraction of sp³-hybridized carbons (Fsp3) is 0.833. The van der Waals surface area contributed by atoms with Crippen molar-refractivity contribution in [2.75, 3.05) is 6.26 Å². The average molecular weight is 381 g/mol. The van der Waals surface area contributed by atoms with Crippen LogP contribution < -0.4 is 0 Å². The van der Waals surface area contributed by atoms with Gasteiger partial charge in [-0.05, 0) is 36.0 Å². The average Bonchev–Trinajstić information content (AvgIpc) is 2.64. The van der Waals surface area contributed by atoms with Crippen molar-refractivity contribution in [1.82, 2.24) is 0 Å². The fourth-order valence-electron chi connectivity index (χ4n) is 4.19. The lowest BCUT2D eigenvalue weighted by atomic mass is 9.74. The van der Waals surface area contributed by atoms with E-state index in [9.17, 15) is 5.11 Å². The number of rotatable bonds is 15. The fourth-order valence-corrected chi connectivity index (χ4v) is 5.31. The lowest BCUT2D eigenvalue weighted by Gasteiger charge is -2.39. The van der Waals surface area contributed by atoms with Crippen molar-refractivity contribution in [1.29, 1.82) is 0 Å². The third-order valence-electron chi connectivity index (χ3n) is 6.00. The van der Waals surface area contributed by atoms with E-state index < -0.39 is 0 Å². The maximum absolute atomic E-state index is 10.7. The Balaban J connectivity index is 2.55. The summed E-state index contributed by atoms with van der Waals surface area (Å²) in [5, 5.41) is 10.7. The van der Waals surface area contributed by atoms with Gasteiger partial charge in [-0.2, -0.15) is 0 Å². The Bertz CT molecular complexity index is 426. The van der Waals surface area contributed by atoms with Gasteiger partial charge in [0.25, 0.3) is 0 Å². The molecule has 0 bridgehead atoms. The second kappa shape index (κ2) is 13.9. The van der Waals surface area contributed by atoms with Crippen molar-refractivity contribution in [3.8, 4) is 0 Å². The minimum atomic E-state index is -0.325. The molecule has 2 heteroatoms. The summed E-state index contributed by atoms with van der Waals surface area (Å²) >= 11 is 1.88. The van der Waals surface area contributed by atoms with Crippen molar-refractivity contribution < 1.29 is 5.11 Å². The smallest absolute Gasteiger partial charge is 0.0823 e. The highest BCUT2D eigenvalue weighted by Gasteiger charge is 2.38. The van der Waals surface area contributed by atoms with Gasteiger partial charge in [-0.25, -0.2) is 0 Å². The number of aliphatic hydroxyl groups excluding tert-OH is 1. The molecule has 1 nitrogen and oxygen atoms in total. The molecule has 0 radical (unpaired) electrons. The van der Waals surface area contributed by atoms with Gasteiger partial charge in [-0.3, -0.25) is 0 Å². The first-order valence-corrected chi connectivity index (χ1v) is 12.5. The Kier molecular flexibility index (Phi) is 12.7. The number of thioether (sulfide) groups is 1. The molecule has 0 aliphatic heterocycles. The summed E-state index contributed by atoms with van der Waals surface area (Å²) in [4.78, 5) is 1.45. The van der Waals surface area contributed by atoms with E-state index in [1.54, 1.807) is 0 Å². The lowest BCUT2D eigenvalue weighted by molar-refractivity contribution is 0.0974. The molecule has 0 spiro atoms. The monoisotopic (exact) mass is 380 g/mol. The minimum absolute atomic E-state index is 0.0729. The van der Waals surface area contributed by atoms with Crippen molar-refractivity contribution in [3.63, 3.8) is 0 Å². The Morgan fingerprint density at radius 1 is 0.885 bits per heavy atom. The van der Waals surface area contributed by atoms with E-state index in [0.717, 1.165) is 6.42 Å². The molecule has 0 saturated carbocycles. The van der Waals surface area contributed by atoms with Gasteiger partial charge in [0.05, 0.1) is 6.10 Å². The van der Waals surface area contributed by atoms with Crippen molar-refractivity contribution in [2.45, 2.75) is 117 Å². The topological polar surface area (TPSA) is 20.2 Å². The zero-order valence-corrected chi connectivity index (χ0v) is 18.8. The van der Waals surface area contributed by atoms with E-state index >= 15 is 0 Å². The summed E-state index contributed by atoms with van der Waals surface area (Å²) in [6, 6.07) is 0. The van der Waals surface area contributed by atoms with Crippen LogP contribution in [0.25, 0.3) is 0 Å². The van der Waals surface area contributed by atoms with Crippen LogP contribution in [0.3, 0.4) is 0 Å². The molecule has 1 aliphatic rings. The van der Waals surface area contributed by atoms with E-state index in [0.29, 0.717) is 0 Å². The van der Waals surface area contributed by atoms with Crippen molar-refractivity contribution in [2.24, 2.45) is 5.41 Å². The van der Waals surface area contributed by atoms with Gasteiger partial charge in [0.15, 0.2) is 0 Å². The van der Waals surface area contributed by atoms with Gasteiger partial charge < -0.3 is 5.11 Å². The van der Waals surface area contributed by atoms with Gasteiger partial charge in [0, 0.05) is 5.41 Å². The molecule has 2 unspecified atom stereocenters. The third-order valence-corrected chi connectivity index (χ3v) is 7.13. The Morgan fingerprint density at radius 3 is 2.00 bits per heavy atom. The summed E-state index contributed by atoms with van der Waals surface area (Å²) < 4.78 is 0. The van der Waals surface area contributed by atoms with Crippen molar-refractivity contribution >= 4 is 11.8 Å². The number of allylic oxidation sites excluding steroid dienone is 2. The van der Waals surface area contributed by atoms with Gasteiger partial charge in [0.2, 0.25) is 0 Å². The van der Waals surface area contributed by atoms with Crippen molar-refractivity contribution in [3.05, 3.63) is 22.6 Å². The van der Waals surface area contributed by atoms with Gasteiger partial charge in [0.1, 0.15) is 0 Å². The largest absolute Gasteiger partial charge is 0.388 e. The number of hydrogen-bond acceptors (Lipinski definition) is 2. The zero-order valence-electron chi connectivity index (χ0n) is 18.0. The van der Waals surface area contributed by atoms with E-state index in [4.69, 9.17) is 0 Å². The highest BCUT2D eigenvalue weighted by Crippen LogP contribution is 2.47. The third kappa shape index (κ3) is 7.80. The number of hydrogen-bond donors (Lipinski definition) is 1. The SMILES string of the molecule is CCCCCCCCC1=C(SC)C(C)(CCCCCCCC)C(O)C=C1. The molecule has 0 amide bonds. The molecule has 1 N–H and O–H groups in total. The highest BCUT2D eigenvalue weighted by molar-refractivity contribution is 8.02. The predicted octanol–water partition coefficient (Wildman–Crippen LogP) is 8.04. The molecular weight excluding hydrogens is 336 g/mol. The molecule has 0 aromatic heterocycles. The first-order chi connectivity index (χ1) is 12.6. The molecule has 0 fully saturated rings. The molecule has 0 saturated heterocycles. The first-order valence-electron chi connectivity index (χ1n) is 11.2. The molecule has 0 aromatic carbocycles. The van der Waals surface area contributed by atoms with Crippen LogP contribution >= 0.6 is 11.8 Å². The van der Waals surface area contributed by atoms with Crippen LogP contribution in [-0.4, -0.2) is 17.5 Å². The Hall–Kier alpha value is -0.210. The standard InChI is InChI=1S/C24H44OS/c1-5-7-9-11-13-15-17-21-18-19-22(25)24(3,23(21)26-4)20-16-14-12-10-8-6-2/h18-19,22,25H,5-17,20H2,1-4H3. The Morgan fingerprint density at radius 2 is 1.42 bits per heavy atom. The van der Waals surface area contributed by atoms with Gasteiger partial charge in [-0.1, -0.05) is 104 Å². The molecule has 1 rings (SSSR count). The number of aliphatic hydroxyl groups is 1. The molecule has 152 valence electrons. The summed E-state index contributed by atoms with van der Waals surface area (Å²) in [7, 11) is 0. The van der Waals surface area contributed by atoms with Crippen LogP contribution in [0, 0.1) is 5.41 Å². The highest BCUT2D eigenvalue weighted by atomic mass is 32.2. The second-order valence-corrected chi connectivity index (χ2v) is 9.13. The quantitative estimate of drug-likeness (QED) is 0.290. The van der Waals surface area contributed by atoms with Crippen LogP contribution in [0.1, 0.15) is 111 Å². The second-order valence-electron chi connectivity index (χ2n) is 8.32. The normalized spacial score (nSPS) is 23.0. The maximum Gasteiger partial charge on any atom is 0.0823 e.